The van der Waals surface area contributed by atoms with E-state index in [1.165, 1.54) is 93.2 Å². The van der Waals surface area contributed by atoms with Gasteiger partial charge in [-0.3, -0.25) is 14.8 Å². The fraction of sp³-hybridized carbons (Fsp3) is 0.402. The number of pyridine rings is 2. The number of aromatic nitrogens is 2. The number of alkyl halides is 3. The van der Waals surface area contributed by atoms with Crippen LogP contribution in [0.25, 0.3) is 87.1 Å². The summed E-state index contributed by atoms with van der Waals surface area (Å²) in [6, 6.07) is 45.1. The fourth-order valence-electron chi connectivity index (χ4n) is 13.9. The van der Waals surface area contributed by atoms with Gasteiger partial charge in [-0.2, -0.15) is 13.2 Å². The van der Waals surface area contributed by atoms with Crippen LogP contribution in [0.4, 0.5) is 13.2 Å². The summed E-state index contributed by atoms with van der Waals surface area (Å²) in [5.74, 6) is -2.00. The molecule has 2 aromatic heterocycles. The number of halogens is 3. The van der Waals surface area contributed by atoms with Gasteiger partial charge in [0.15, 0.2) is 5.78 Å². The minimum Gasteiger partial charge on any atom is -0.512 e. The second-order valence-electron chi connectivity index (χ2n) is 30.4. The van der Waals surface area contributed by atoms with Crippen molar-refractivity contribution in [2.45, 2.75) is 181 Å². The number of aliphatic hydroxyl groups is 1. The smallest absolute Gasteiger partial charge is 0.389 e. The number of hydrogen-bond donors (Lipinski definition) is 1. The maximum atomic E-state index is 12.3. The summed E-state index contributed by atoms with van der Waals surface area (Å²) in [4.78, 5) is 21.4. The maximum Gasteiger partial charge on any atom is 0.389 e. The third-order valence-corrected chi connectivity index (χ3v) is 17.8. The number of aryl methyl sites for hydroxylation is 1. The van der Waals surface area contributed by atoms with Crippen LogP contribution in [0, 0.1) is 52.6 Å². The number of allylic oxidation sites excluding steroid dienone is 2. The average Bonchev–Trinajstić information content (AvgIpc) is 0.723. The Morgan fingerprint density at radius 3 is 1.42 bits per heavy atom. The molecule has 8 heteroatoms. The third kappa shape index (κ3) is 14.8. The number of nitrogens with zero attached hydrogens (tertiary/aromatic N) is 2. The zero-order chi connectivity index (χ0) is 66.0. The molecule has 1 unspecified atom stereocenters. The van der Waals surface area contributed by atoms with Crippen LogP contribution >= 0.6 is 0 Å². The van der Waals surface area contributed by atoms with E-state index in [2.05, 4.69) is 193 Å². The number of benzene rings is 8. The van der Waals surface area contributed by atoms with Gasteiger partial charge in [0, 0.05) is 61.8 Å². The molecule has 2 heterocycles. The predicted octanol–water partition coefficient (Wildman–Crippen LogP) is 22.9. The Balaban J connectivity index is 0.000000173. The SMILES string of the molecule is CCC(CC)C(=O)/C=C(\O)C(CC)CC(F)(F)F.[2H]c1cc2c3c(cc4c(CC(C)(C)C)cccc42)Cc2c([c-]c4cc(C)ccc4c2CC(C)(C)C)-c3n1.[2H]c1cc2c3c(cc4c(CC(C)(C)C)cccc42)Cc2c([c-]c4ccccc4c2CC(C)(C)C)-c3n1.[Ir]. The van der Waals surface area contributed by atoms with Crippen LogP contribution in [0.5, 0.6) is 0 Å². The van der Waals surface area contributed by atoms with Crippen molar-refractivity contribution in [3.8, 4) is 22.5 Å². The summed E-state index contributed by atoms with van der Waals surface area (Å²) in [5, 5.41) is 24.3. The number of hydrogen-bond acceptors (Lipinski definition) is 4. The predicted molar refractivity (Wildman–Crippen MR) is 369 cm³/mol. The number of fused-ring (bicyclic) bond motifs is 10. The first-order valence-corrected chi connectivity index (χ1v) is 32.3. The Kier molecular flexibility index (Phi) is 18.8. The van der Waals surface area contributed by atoms with E-state index in [9.17, 15) is 23.1 Å². The molecule has 2 aliphatic carbocycles. The van der Waals surface area contributed by atoms with E-state index in [0.29, 0.717) is 25.2 Å². The molecule has 12 rings (SSSR count). The second-order valence-corrected chi connectivity index (χ2v) is 30.4. The molecular formula is C82H91F3IrN2O2-2. The van der Waals surface area contributed by atoms with Gasteiger partial charge in [-0.05, 0) is 164 Å². The van der Waals surface area contributed by atoms with Gasteiger partial charge < -0.3 is 5.11 Å². The number of rotatable bonds is 11. The molecule has 90 heavy (non-hydrogen) atoms. The Morgan fingerprint density at radius 1 is 0.544 bits per heavy atom. The van der Waals surface area contributed by atoms with Crippen molar-refractivity contribution in [3.05, 3.63) is 190 Å². The van der Waals surface area contributed by atoms with Crippen LogP contribution in [0.2, 0.25) is 0 Å². The molecular weight excluding hydrogens is 1290 g/mol. The van der Waals surface area contributed by atoms with Gasteiger partial charge >= 0.3 is 6.18 Å². The van der Waals surface area contributed by atoms with E-state index in [4.69, 9.17) is 12.7 Å². The van der Waals surface area contributed by atoms with Gasteiger partial charge in [0.2, 0.25) is 0 Å². The van der Waals surface area contributed by atoms with Gasteiger partial charge in [0.05, 0.1) is 14.9 Å². The number of aliphatic hydroxyl groups excluding tert-OH is 1. The first-order chi connectivity index (χ1) is 42.6. The fourth-order valence-corrected chi connectivity index (χ4v) is 13.9. The largest absolute Gasteiger partial charge is 0.512 e. The van der Waals surface area contributed by atoms with E-state index in [-0.39, 0.29) is 59.9 Å². The first-order valence-electron chi connectivity index (χ1n) is 33.3. The molecule has 1 atom stereocenters. The maximum absolute atomic E-state index is 12.3. The van der Waals surface area contributed by atoms with Crippen molar-refractivity contribution in [2.75, 3.05) is 0 Å². The molecule has 8 aromatic carbocycles. The molecule has 1 radical (unpaired) electrons. The first kappa shape index (κ1) is 64.8. The minimum absolute atomic E-state index is 0. The average molecular weight is 1390 g/mol. The van der Waals surface area contributed by atoms with Gasteiger partial charge in [0.1, 0.15) is 0 Å². The van der Waals surface area contributed by atoms with Gasteiger partial charge in [-0.1, -0.05) is 210 Å². The summed E-state index contributed by atoms with van der Waals surface area (Å²) in [6.45, 7) is 35.1. The Labute approximate surface area is 549 Å². The zero-order valence-electron chi connectivity index (χ0n) is 57.8. The van der Waals surface area contributed by atoms with Gasteiger partial charge in [-0.15, -0.1) is 57.3 Å². The van der Waals surface area contributed by atoms with Gasteiger partial charge in [0.25, 0.3) is 0 Å². The van der Waals surface area contributed by atoms with Crippen LogP contribution in [0.3, 0.4) is 0 Å². The van der Waals surface area contributed by atoms with Crippen molar-refractivity contribution in [1.29, 1.82) is 0 Å². The second kappa shape index (κ2) is 26.1. The molecule has 10 aromatic rings. The molecule has 473 valence electrons. The number of carbonyl (C=O) groups is 1. The number of ketones is 1. The van der Waals surface area contributed by atoms with Crippen LogP contribution in [-0.2, 0) is 63.4 Å². The molecule has 0 bridgehead atoms. The van der Waals surface area contributed by atoms with Crippen LogP contribution in [0.1, 0.15) is 182 Å². The Bertz CT molecular complexity index is 4510. The Hall–Kier alpha value is -6.73. The van der Waals surface area contributed by atoms with Gasteiger partial charge in [-0.25, -0.2) is 0 Å². The van der Waals surface area contributed by atoms with E-state index in [1.807, 2.05) is 26.0 Å². The molecule has 0 spiro atoms. The molecule has 0 amide bonds. The van der Waals surface area contributed by atoms with Crippen molar-refractivity contribution in [1.82, 2.24) is 9.97 Å². The summed E-state index contributed by atoms with van der Waals surface area (Å²) in [6.07, 6.45) is 3.36. The third-order valence-electron chi connectivity index (χ3n) is 17.8. The topological polar surface area (TPSA) is 63.1 Å². The molecule has 0 saturated carbocycles. The van der Waals surface area contributed by atoms with E-state index in [0.717, 1.165) is 88.7 Å². The molecule has 1 N–H and O–H groups in total. The molecule has 0 fully saturated rings. The normalized spacial score (nSPS) is 14.0. The molecule has 4 nitrogen and oxygen atoms in total. The van der Waals surface area contributed by atoms with E-state index in [1.54, 1.807) is 6.92 Å². The summed E-state index contributed by atoms with van der Waals surface area (Å²) in [5.41, 5.74) is 16.9. The van der Waals surface area contributed by atoms with Crippen molar-refractivity contribution >= 4 is 70.4 Å². The summed E-state index contributed by atoms with van der Waals surface area (Å²) in [7, 11) is 0. The van der Waals surface area contributed by atoms with Crippen molar-refractivity contribution in [3.63, 3.8) is 0 Å². The van der Waals surface area contributed by atoms with Crippen LogP contribution in [-0.4, -0.2) is 27.0 Å². The Morgan fingerprint density at radius 2 is 0.978 bits per heavy atom. The molecule has 0 saturated heterocycles. The van der Waals surface area contributed by atoms with E-state index >= 15 is 0 Å². The summed E-state index contributed by atoms with van der Waals surface area (Å²) >= 11 is 0. The van der Waals surface area contributed by atoms with Crippen molar-refractivity contribution in [2.24, 2.45) is 33.5 Å². The quantitative estimate of drug-likeness (QED) is 0.0607. The zero-order valence-corrected chi connectivity index (χ0v) is 58.2. The standard InChI is InChI=1S/C35H36N.C34H34N.C13H21F3O2.Ir/c1-21-11-12-25-23(15-21)16-30-29(31(25)20-35(5,6)7)18-24-17-28-22(19-34(2,3)4)9-8-10-26(28)27-13-14-36-33(30)32(24)27;1-33(2,3)19-22-11-9-13-25-26-14-15-35-32-29-16-21-10-7-8-12-24(21)30(20-34(4,5)6)28(29)18-23(31(26)32)17-27(22)25;1-4-9(5-2)11(17)7-12(18)10(6-3)8-13(14,15)16;/h8-15,17H,18-20H2,1-7H3;7-15,17H,18-20H2,1-6H3;7,9-10,18H,4-6,8H2,1-3H3;/q2*-1;;/b;;12-7-;/i14D;15D;;. The van der Waals surface area contributed by atoms with Crippen molar-refractivity contribution < 1.29 is 45.9 Å². The minimum atomic E-state index is -4.33. The summed E-state index contributed by atoms with van der Waals surface area (Å²) < 4.78 is 54.1. The monoisotopic (exact) mass is 1390 g/mol. The van der Waals surface area contributed by atoms with Crippen LogP contribution < -0.4 is 0 Å². The van der Waals surface area contributed by atoms with Crippen LogP contribution in [0.15, 0.2) is 127 Å². The molecule has 2 aliphatic rings. The molecule has 0 aliphatic heterocycles. The van der Waals surface area contributed by atoms with E-state index < -0.39 is 24.3 Å². The number of carbonyl (C=O) groups excluding carboxylic acids is 1.